The van der Waals surface area contributed by atoms with Crippen molar-refractivity contribution >= 4 is 21.4 Å². The lowest BCUT2D eigenvalue weighted by Gasteiger charge is -2.25. The van der Waals surface area contributed by atoms with Crippen LogP contribution in [0, 0.1) is 16.0 Å². The molecule has 2 fully saturated rings. The van der Waals surface area contributed by atoms with Crippen LogP contribution in [0.15, 0.2) is 23.1 Å². The summed E-state index contributed by atoms with van der Waals surface area (Å²) in [5.41, 5.74) is -0.159. The van der Waals surface area contributed by atoms with Gasteiger partial charge in [-0.2, -0.15) is 4.31 Å². The molecule has 1 aliphatic heterocycles. The Bertz CT molecular complexity index is 791. The number of benzene rings is 1. The summed E-state index contributed by atoms with van der Waals surface area (Å²) < 4.78 is 32.3. The summed E-state index contributed by atoms with van der Waals surface area (Å²) in [6.45, 7) is 1.72. The molecule has 0 radical (unpaired) electrons. The number of ether oxygens (including phenoxy) is 1. The van der Waals surface area contributed by atoms with Gasteiger partial charge in [0.25, 0.3) is 5.69 Å². The first-order chi connectivity index (χ1) is 13.4. The summed E-state index contributed by atoms with van der Waals surface area (Å²) in [7, 11) is -3.75. The highest BCUT2D eigenvalue weighted by atomic mass is 32.2. The van der Waals surface area contributed by atoms with Crippen molar-refractivity contribution in [2.75, 3.05) is 38.2 Å². The molecule has 0 aromatic heterocycles. The van der Waals surface area contributed by atoms with E-state index in [1.807, 2.05) is 0 Å². The van der Waals surface area contributed by atoms with E-state index in [0.717, 1.165) is 38.2 Å². The predicted octanol–water partition coefficient (Wildman–Crippen LogP) is 1.97. The third-order valence-corrected chi connectivity index (χ3v) is 6.90. The standard InChI is InChI=1S/C18H27N3O6S/c22-15(13-27-12-14-4-5-14)11-19-17-7-6-16(10-18(17)21(23)24)28(25,26)20-8-2-1-3-9-20/h6-7,10,14-15,19,22H,1-5,8-9,11-13H2. The van der Waals surface area contributed by atoms with Gasteiger partial charge in [0.1, 0.15) is 5.69 Å². The zero-order chi connectivity index (χ0) is 20.1. The maximum absolute atomic E-state index is 12.7. The molecule has 2 N–H and O–H groups in total. The van der Waals surface area contributed by atoms with Crippen molar-refractivity contribution in [1.82, 2.24) is 4.31 Å². The molecule has 9 nitrogen and oxygen atoms in total. The van der Waals surface area contributed by atoms with Crippen LogP contribution in [0.2, 0.25) is 0 Å². The predicted molar refractivity (Wildman–Crippen MR) is 104 cm³/mol. The maximum Gasteiger partial charge on any atom is 0.293 e. The Hall–Kier alpha value is -1.75. The van der Waals surface area contributed by atoms with Gasteiger partial charge in [-0.3, -0.25) is 10.1 Å². The zero-order valence-corrected chi connectivity index (χ0v) is 16.6. The third-order valence-electron chi connectivity index (χ3n) is 5.01. The topological polar surface area (TPSA) is 122 Å². The molecule has 1 heterocycles. The lowest BCUT2D eigenvalue weighted by Crippen LogP contribution is -2.35. The lowest BCUT2D eigenvalue weighted by molar-refractivity contribution is -0.384. The van der Waals surface area contributed by atoms with Crippen LogP contribution in [0.4, 0.5) is 11.4 Å². The number of nitro groups is 1. The second kappa shape index (κ2) is 9.17. The van der Waals surface area contributed by atoms with Gasteiger partial charge in [0.2, 0.25) is 10.0 Å². The fourth-order valence-corrected chi connectivity index (χ4v) is 4.71. The molecule has 1 unspecified atom stereocenters. The van der Waals surface area contributed by atoms with Crippen molar-refractivity contribution in [2.45, 2.75) is 43.1 Å². The van der Waals surface area contributed by atoms with Gasteiger partial charge in [-0.1, -0.05) is 6.42 Å². The van der Waals surface area contributed by atoms with Crippen molar-refractivity contribution in [2.24, 2.45) is 5.92 Å². The van der Waals surface area contributed by atoms with Crippen molar-refractivity contribution in [3.8, 4) is 0 Å². The summed E-state index contributed by atoms with van der Waals surface area (Å²) in [5, 5.41) is 24.2. The van der Waals surface area contributed by atoms with Gasteiger partial charge in [0, 0.05) is 32.3 Å². The Labute approximate surface area is 164 Å². The van der Waals surface area contributed by atoms with Crippen LogP contribution in [-0.4, -0.2) is 61.7 Å². The van der Waals surface area contributed by atoms with E-state index in [-0.39, 0.29) is 29.4 Å². The highest BCUT2D eigenvalue weighted by molar-refractivity contribution is 7.89. The first kappa shape index (κ1) is 21.0. The number of piperidine rings is 1. The Kier molecular flexibility index (Phi) is 6.86. The number of nitro benzene ring substituents is 1. The Morgan fingerprint density at radius 2 is 2.00 bits per heavy atom. The molecule has 1 saturated carbocycles. The van der Waals surface area contributed by atoms with Crippen LogP contribution >= 0.6 is 0 Å². The number of hydrogen-bond donors (Lipinski definition) is 2. The molecule has 1 aromatic rings. The van der Waals surface area contributed by atoms with Crippen LogP contribution in [-0.2, 0) is 14.8 Å². The van der Waals surface area contributed by atoms with Crippen molar-refractivity contribution in [1.29, 1.82) is 0 Å². The largest absolute Gasteiger partial charge is 0.389 e. The molecule has 0 bridgehead atoms. The van der Waals surface area contributed by atoms with E-state index in [4.69, 9.17) is 4.74 Å². The summed E-state index contributed by atoms with van der Waals surface area (Å²) in [6.07, 6.45) is 4.08. The average molecular weight is 413 g/mol. The quantitative estimate of drug-likeness (QED) is 0.444. The molecular weight excluding hydrogens is 386 g/mol. The number of hydrogen-bond acceptors (Lipinski definition) is 7. The fourth-order valence-electron chi connectivity index (χ4n) is 3.17. The van der Waals surface area contributed by atoms with E-state index in [9.17, 15) is 23.6 Å². The van der Waals surface area contributed by atoms with Crippen molar-refractivity contribution in [3.05, 3.63) is 28.3 Å². The minimum absolute atomic E-state index is 0.0731. The molecule has 2 aliphatic rings. The first-order valence-electron chi connectivity index (χ1n) is 9.66. The van der Waals surface area contributed by atoms with Crippen molar-refractivity contribution in [3.63, 3.8) is 0 Å². The summed E-state index contributed by atoms with van der Waals surface area (Å²) in [6, 6.07) is 3.84. The molecule has 0 spiro atoms. The van der Waals surface area contributed by atoms with Gasteiger partial charge in [-0.05, 0) is 43.7 Å². The second-order valence-corrected chi connectivity index (χ2v) is 9.35. The van der Waals surface area contributed by atoms with Crippen LogP contribution in [0.25, 0.3) is 0 Å². The summed E-state index contributed by atoms with van der Waals surface area (Å²) >= 11 is 0. The second-order valence-electron chi connectivity index (χ2n) is 7.42. The smallest absolute Gasteiger partial charge is 0.293 e. The number of anilines is 1. The van der Waals surface area contributed by atoms with Crippen LogP contribution in [0.1, 0.15) is 32.1 Å². The zero-order valence-electron chi connectivity index (χ0n) is 15.7. The Morgan fingerprint density at radius 3 is 2.64 bits per heavy atom. The van der Waals surface area contributed by atoms with Crippen LogP contribution < -0.4 is 5.32 Å². The number of sulfonamides is 1. The van der Waals surface area contributed by atoms with E-state index >= 15 is 0 Å². The molecule has 1 aromatic carbocycles. The Morgan fingerprint density at radius 1 is 1.29 bits per heavy atom. The minimum Gasteiger partial charge on any atom is -0.389 e. The average Bonchev–Trinajstić information content (AvgIpc) is 3.51. The first-order valence-corrected chi connectivity index (χ1v) is 11.1. The van der Waals surface area contributed by atoms with E-state index in [2.05, 4.69) is 5.32 Å². The molecular formula is C18H27N3O6S. The highest BCUT2D eigenvalue weighted by Gasteiger charge is 2.28. The molecule has 156 valence electrons. The molecule has 1 saturated heterocycles. The van der Waals surface area contributed by atoms with E-state index < -0.39 is 21.1 Å². The van der Waals surface area contributed by atoms with E-state index in [1.165, 1.54) is 16.4 Å². The van der Waals surface area contributed by atoms with Gasteiger partial charge in [-0.15, -0.1) is 0 Å². The monoisotopic (exact) mass is 413 g/mol. The van der Waals surface area contributed by atoms with Gasteiger partial charge in [0.15, 0.2) is 0 Å². The Balaban J connectivity index is 1.65. The normalized spacial score (nSPS) is 19.3. The number of nitrogens with zero attached hydrogens (tertiary/aromatic N) is 2. The molecule has 1 aliphatic carbocycles. The number of aliphatic hydroxyl groups excluding tert-OH is 1. The molecule has 28 heavy (non-hydrogen) atoms. The minimum atomic E-state index is -3.75. The molecule has 0 amide bonds. The summed E-state index contributed by atoms with van der Waals surface area (Å²) in [5.74, 6) is 0.593. The SMILES string of the molecule is O=[N+]([O-])c1cc(S(=O)(=O)N2CCCCC2)ccc1NCC(O)COCC1CC1. The number of nitrogens with one attached hydrogen (secondary N) is 1. The maximum atomic E-state index is 12.7. The third kappa shape index (κ3) is 5.40. The van der Waals surface area contributed by atoms with Gasteiger partial charge in [0.05, 0.1) is 22.5 Å². The molecule has 1 atom stereocenters. The fraction of sp³-hybridized carbons (Fsp3) is 0.667. The van der Waals surface area contributed by atoms with E-state index in [1.54, 1.807) is 0 Å². The van der Waals surface area contributed by atoms with Gasteiger partial charge < -0.3 is 15.2 Å². The molecule has 10 heteroatoms. The number of aliphatic hydroxyl groups is 1. The number of rotatable bonds is 10. The van der Waals surface area contributed by atoms with Crippen LogP contribution in [0.5, 0.6) is 0 Å². The van der Waals surface area contributed by atoms with E-state index in [0.29, 0.717) is 25.6 Å². The highest BCUT2D eigenvalue weighted by Crippen LogP contribution is 2.30. The van der Waals surface area contributed by atoms with Gasteiger partial charge in [-0.25, -0.2) is 8.42 Å². The lowest BCUT2D eigenvalue weighted by atomic mass is 10.2. The van der Waals surface area contributed by atoms with Gasteiger partial charge >= 0.3 is 0 Å². The van der Waals surface area contributed by atoms with Crippen molar-refractivity contribution < 1.29 is 23.2 Å². The summed E-state index contributed by atoms with van der Waals surface area (Å²) in [4.78, 5) is 10.7. The molecule has 3 rings (SSSR count). The van der Waals surface area contributed by atoms with Crippen LogP contribution in [0.3, 0.4) is 0 Å².